The van der Waals surface area contributed by atoms with E-state index in [2.05, 4.69) is 10.7 Å². The number of hydrogen-bond donors (Lipinski definition) is 2. The third kappa shape index (κ3) is 6.61. The molecule has 0 saturated carbocycles. The van der Waals surface area contributed by atoms with Crippen molar-refractivity contribution in [2.45, 2.75) is 6.42 Å². The molecule has 0 aliphatic heterocycles. The summed E-state index contributed by atoms with van der Waals surface area (Å²) in [5.41, 5.74) is 4.55. The van der Waals surface area contributed by atoms with E-state index < -0.39 is 12.0 Å². The van der Waals surface area contributed by atoms with Crippen molar-refractivity contribution in [1.29, 1.82) is 0 Å². The molecule has 0 radical (unpaired) electrons. The van der Waals surface area contributed by atoms with Crippen molar-refractivity contribution >= 4 is 18.2 Å². The van der Waals surface area contributed by atoms with Crippen LogP contribution in [0.5, 0.6) is 0 Å². The first-order chi connectivity index (χ1) is 4.13. The van der Waals surface area contributed by atoms with Gasteiger partial charge in [-0.3, -0.25) is 4.79 Å². The van der Waals surface area contributed by atoms with Crippen LogP contribution in [0.15, 0.2) is 4.99 Å². The number of aliphatic imine (C=N–C) groups is 1. The van der Waals surface area contributed by atoms with Crippen LogP contribution in [0.25, 0.3) is 0 Å². The van der Waals surface area contributed by atoms with Crippen LogP contribution in [0.3, 0.4) is 0 Å². The fourth-order valence-electron chi connectivity index (χ4n) is 0.214. The molecule has 0 fully saturated rings. The summed E-state index contributed by atoms with van der Waals surface area (Å²) in [4.78, 5) is 22.5. The molecule has 3 N–H and O–H groups in total. The maximum Gasteiger partial charge on any atom is 0.337 e. The normalized spacial score (nSPS) is 9.78. The van der Waals surface area contributed by atoms with Crippen LogP contribution in [0.2, 0.25) is 0 Å². The Hall–Kier alpha value is -1.39. The number of hydrogen-bond acceptors (Lipinski definition) is 2. The Morgan fingerprint density at radius 2 is 2.22 bits per heavy atom. The van der Waals surface area contributed by atoms with E-state index in [1.807, 2.05) is 0 Å². The summed E-state index contributed by atoms with van der Waals surface area (Å²) in [6.07, 6.45) is 0.674. The zero-order valence-electron chi connectivity index (χ0n) is 4.57. The highest BCUT2D eigenvalue weighted by atomic mass is 16.4. The number of carbonyl (C=O) groups excluding carboxylic acids is 1. The number of rotatable bonds is 2. The Labute approximate surface area is 51.2 Å². The van der Waals surface area contributed by atoms with Gasteiger partial charge in [0.15, 0.2) is 0 Å². The Morgan fingerprint density at radius 3 is 2.56 bits per heavy atom. The van der Waals surface area contributed by atoms with Crippen molar-refractivity contribution in [2.24, 2.45) is 10.7 Å². The smallest absolute Gasteiger partial charge is 0.337 e. The second-order valence-electron chi connectivity index (χ2n) is 1.25. The van der Waals surface area contributed by atoms with Crippen LogP contribution in [0.1, 0.15) is 6.42 Å². The fourth-order valence-corrected chi connectivity index (χ4v) is 0.214. The molecule has 0 aromatic rings. The third-order valence-corrected chi connectivity index (χ3v) is 0.484. The summed E-state index contributed by atoms with van der Waals surface area (Å²) in [6.45, 7) is 0. The maximum atomic E-state index is 9.81. The van der Waals surface area contributed by atoms with Gasteiger partial charge in [-0.15, -0.1) is 0 Å². The van der Waals surface area contributed by atoms with E-state index in [1.165, 1.54) is 0 Å². The summed E-state index contributed by atoms with van der Waals surface area (Å²) in [6, 6.07) is -0.878. The molecule has 9 heavy (non-hydrogen) atoms. The Bertz CT molecular complexity index is 152. The molecule has 0 spiro atoms. The third-order valence-electron chi connectivity index (χ3n) is 0.484. The van der Waals surface area contributed by atoms with Crippen molar-refractivity contribution < 1.29 is 14.7 Å². The number of carboxylic acids is 1. The zero-order valence-corrected chi connectivity index (χ0v) is 4.57. The fraction of sp³-hybridized carbons (Fsp3) is 0.250. The van der Waals surface area contributed by atoms with Gasteiger partial charge in [0, 0.05) is 6.21 Å². The minimum absolute atomic E-state index is 0.275. The van der Waals surface area contributed by atoms with Gasteiger partial charge in [-0.05, 0) is 0 Å². The Kier molecular flexibility index (Phi) is 3.04. The lowest BCUT2D eigenvalue weighted by Gasteiger charge is -1.80. The van der Waals surface area contributed by atoms with E-state index in [-0.39, 0.29) is 6.42 Å². The number of primary amides is 1. The highest BCUT2D eigenvalue weighted by Gasteiger charge is 1.90. The average molecular weight is 130 g/mol. The van der Waals surface area contributed by atoms with E-state index in [1.54, 1.807) is 0 Å². The SMILES string of the molecule is NC(=O)N=CCC(=O)O. The van der Waals surface area contributed by atoms with Gasteiger partial charge < -0.3 is 10.8 Å². The molecule has 50 valence electrons. The average Bonchev–Trinajstić information content (AvgIpc) is 1.63. The molecule has 0 heterocycles. The number of nitrogens with two attached hydrogens (primary N) is 1. The molecule has 0 unspecified atom stereocenters. The van der Waals surface area contributed by atoms with E-state index >= 15 is 0 Å². The largest absolute Gasteiger partial charge is 0.481 e. The number of urea groups is 1. The number of carbonyl (C=O) groups is 2. The minimum Gasteiger partial charge on any atom is -0.481 e. The number of aliphatic carboxylic acids is 1. The second-order valence-corrected chi connectivity index (χ2v) is 1.25. The predicted octanol–water partition coefficient (Wildman–Crippen LogP) is -0.389. The van der Waals surface area contributed by atoms with Crippen molar-refractivity contribution in [2.75, 3.05) is 0 Å². The van der Waals surface area contributed by atoms with Gasteiger partial charge in [0.1, 0.15) is 0 Å². The van der Waals surface area contributed by atoms with Crippen LogP contribution in [0.4, 0.5) is 4.79 Å². The molecule has 0 rings (SSSR count). The van der Waals surface area contributed by atoms with Crippen LogP contribution < -0.4 is 5.73 Å². The minimum atomic E-state index is -1.04. The Balaban J connectivity index is 3.48. The quantitative estimate of drug-likeness (QED) is 0.498. The highest BCUT2D eigenvalue weighted by Crippen LogP contribution is 1.72. The summed E-state index contributed by atoms with van der Waals surface area (Å²) < 4.78 is 0. The lowest BCUT2D eigenvalue weighted by Crippen LogP contribution is -2.05. The van der Waals surface area contributed by atoms with E-state index in [9.17, 15) is 9.59 Å². The molecule has 0 atom stereocenters. The molecule has 0 aliphatic carbocycles. The van der Waals surface area contributed by atoms with Gasteiger partial charge in [0.2, 0.25) is 0 Å². The van der Waals surface area contributed by atoms with Crippen LogP contribution >= 0.6 is 0 Å². The van der Waals surface area contributed by atoms with E-state index in [0.29, 0.717) is 0 Å². The number of carboxylic acid groups (broad SMARTS) is 1. The van der Waals surface area contributed by atoms with Crippen molar-refractivity contribution in [3.63, 3.8) is 0 Å². The predicted molar refractivity (Wildman–Crippen MR) is 30.3 cm³/mol. The standard InChI is InChI=1S/C4H6N2O3/c5-4(9)6-2-1-3(7)8/h2H,1H2,(H2,5,9)(H,7,8). The molecule has 0 aromatic heterocycles. The first-order valence-electron chi connectivity index (χ1n) is 2.16. The van der Waals surface area contributed by atoms with Gasteiger partial charge in [-0.25, -0.2) is 9.79 Å². The zero-order chi connectivity index (χ0) is 7.28. The molecule has 5 nitrogen and oxygen atoms in total. The van der Waals surface area contributed by atoms with E-state index in [4.69, 9.17) is 5.11 Å². The lowest BCUT2D eigenvalue weighted by atomic mass is 10.5. The lowest BCUT2D eigenvalue weighted by molar-refractivity contribution is -0.135. The molecular formula is C4H6N2O3. The summed E-state index contributed by atoms with van der Waals surface area (Å²) in [5, 5.41) is 7.98. The molecule has 0 saturated heterocycles. The van der Waals surface area contributed by atoms with Gasteiger partial charge in [-0.2, -0.15) is 0 Å². The van der Waals surface area contributed by atoms with Crippen LogP contribution in [-0.4, -0.2) is 23.3 Å². The van der Waals surface area contributed by atoms with Crippen molar-refractivity contribution in [3.05, 3.63) is 0 Å². The molecule has 0 bridgehead atoms. The van der Waals surface area contributed by atoms with Gasteiger partial charge in [-0.1, -0.05) is 0 Å². The van der Waals surface area contributed by atoms with Crippen molar-refractivity contribution in [3.8, 4) is 0 Å². The van der Waals surface area contributed by atoms with Gasteiger partial charge in [0.25, 0.3) is 0 Å². The van der Waals surface area contributed by atoms with Gasteiger partial charge >= 0.3 is 12.0 Å². The monoisotopic (exact) mass is 130 g/mol. The highest BCUT2D eigenvalue weighted by molar-refractivity contribution is 5.90. The van der Waals surface area contributed by atoms with Gasteiger partial charge in [0.05, 0.1) is 6.42 Å². The Morgan fingerprint density at radius 1 is 1.67 bits per heavy atom. The second kappa shape index (κ2) is 3.59. The summed E-state index contributed by atoms with van der Waals surface area (Å²) in [7, 11) is 0. The summed E-state index contributed by atoms with van der Waals surface area (Å²) >= 11 is 0. The molecule has 5 heteroatoms. The van der Waals surface area contributed by atoms with Crippen molar-refractivity contribution in [1.82, 2.24) is 0 Å². The first kappa shape index (κ1) is 7.61. The summed E-state index contributed by atoms with van der Waals surface area (Å²) in [5.74, 6) is -1.04. The molecule has 2 amide bonds. The van der Waals surface area contributed by atoms with Crippen LogP contribution in [0, 0.1) is 0 Å². The van der Waals surface area contributed by atoms with E-state index in [0.717, 1.165) is 6.21 Å². The molecular weight excluding hydrogens is 124 g/mol. The molecule has 0 aromatic carbocycles. The number of amides is 2. The number of nitrogens with zero attached hydrogens (tertiary/aromatic N) is 1. The van der Waals surface area contributed by atoms with Crippen LogP contribution in [-0.2, 0) is 4.79 Å². The topological polar surface area (TPSA) is 92.8 Å². The maximum absolute atomic E-state index is 9.81. The molecule has 0 aliphatic rings. The first-order valence-corrected chi connectivity index (χ1v) is 2.16.